The Hall–Kier alpha value is -2.95. The number of rotatable bonds is 3. The highest BCUT2D eigenvalue weighted by atomic mass is 15.4. The van der Waals surface area contributed by atoms with Gasteiger partial charge in [-0.05, 0) is 23.8 Å². The molecule has 0 radical (unpaired) electrons. The zero-order chi connectivity index (χ0) is 15.8. The molecule has 5 nitrogen and oxygen atoms in total. The minimum Gasteiger partial charge on any atom is -0.261 e. The minimum absolute atomic E-state index is 0.785. The number of aromatic nitrogens is 5. The zero-order valence-corrected chi connectivity index (χ0v) is 13.1. The Morgan fingerprint density at radius 3 is 2.65 bits per heavy atom. The SMILES string of the molecule is CCn1nc(-c2cccc3ccccc23)cc1-c1ncnn1C. The van der Waals surface area contributed by atoms with Crippen LogP contribution in [0, 0.1) is 0 Å². The van der Waals surface area contributed by atoms with E-state index in [1.807, 2.05) is 11.7 Å². The maximum Gasteiger partial charge on any atom is 0.176 e. The van der Waals surface area contributed by atoms with Gasteiger partial charge in [-0.2, -0.15) is 10.2 Å². The predicted octanol–water partition coefficient (Wildman–Crippen LogP) is 3.52. The Morgan fingerprint density at radius 1 is 1.04 bits per heavy atom. The summed E-state index contributed by atoms with van der Waals surface area (Å²) in [5.41, 5.74) is 3.08. The van der Waals surface area contributed by atoms with Crippen LogP contribution in [0.15, 0.2) is 54.9 Å². The average molecular weight is 303 g/mol. The van der Waals surface area contributed by atoms with E-state index in [1.165, 1.54) is 10.8 Å². The quantitative estimate of drug-likeness (QED) is 0.582. The van der Waals surface area contributed by atoms with Crippen LogP contribution in [0.5, 0.6) is 0 Å². The summed E-state index contributed by atoms with van der Waals surface area (Å²) >= 11 is 0. The van der Waals surface area contributed by atoms with E-state index in [0.717, 1.165) is 29.3 Å². The molecule has 2 aromatic heterocycles. The standard InChI is InChI=1S/C18H17N5/c1-3-23-17(18-19-12-20-22(18)2)11-16(21-23)15-10-6-8-13-7-4-5-9-14(13)15/h4-12H,3H2,1-2H3. The third-order valence-electron chi connectivity index (χ3n) is 4.09. The molecular weight excluding hydrogens is 286 g/mol. The van der Waals surface area contributed by atoms with Crippen LogP contribution < -0.4 is 0 Å². The van der Waals surface area contributed by atoms with Crippen molar-refractivity contribution in [2.75, 3.05) is 0 Å². The monoisotopic (exact) mass is 303 g/mol. The first-order chi connectivity index (χ1) is 11.3. The normalized spacial score (nSPS) is 11.2. The van der Waals surface area contributed by atoms with Crippen molar-refractivity contribution in [3.05, 3.63) is 54.9 Å². The van der Waals surface area contributed by atoms with E-state index in [-0.39, 0.29) is 0 Å². The second-order valence-corrected chi connectivity index (χ2v) is 5.46. The highest BCUT2D eigenvalue weighted by molar-refractivity contribution is 5.96. The largest absolute Gasteiger partial charge is 0.261 e. The molecule has 0 aliphatic carbocycles. The molecule has 4 aromatic rings. The molecule has 0 saturated heterocycles. The first kappa shape index (κ1) is 13.7. The van der Waals surface area contributed by atoms with Gasteiger partial charge in [0.25, 0.3) is 0 Å². The van der Waals surface area contributed by atoms with Gasteiger partial charge >= 0.3 is 0 Å². The summed E-state index contributed by atoms with van der Waals surface area (Å²) in [6.45, 7) is 2.87. The first-order valence-corrected chi connectivity index (χ1v) is 7.68. The van der Waals surface area contributed by atoms with Crippen LogP contribution in [-0.2, 0) is 13.6 Å². The topological polar surface area (TPSA) is 48.5 Å². The summed E-state index contributed by atoms with van der Waals surface area (Å²) in [5, 5.41) is 11.4. The molecule has 114 valence electrons. The summed E-state index contributed by atoms with van der Waals surface area (Å²) in [6, 6.07) is 16.8. The molecule has 0 N–H and O–H groups in total. The van der Waals surface area contributed by atoms with E-state index < -0.39 is 0 Å². The molecule has 4 rings (SSSR count). The second kappa shape index (κ2) is 5.35. The molecule has 23 heavy (non-hydrogen) atoms. The van der Waals surface area contributed by atoms with Crippen molar-refractivity contribution in [1.29, 1.82) is 0 Å². The van der Waals surface area contributed by atoms with Crippen molar-refractivity contribution in [1.82, 2.24) is 24.5 Å². The van der Waals surface area contributed by atoms with E-state index in [2.05, 4.69) is 65.5 Å². The van der Waals surface area contributed by atoms with Gasteiger partial charge in [-0.3, -0.25) is 4.68 Å². The van der Waals surface area contributed by atoms with Gasteiger partial charge in [-0.15, -0.1) is 0 Å². The van der Waals surface area contributed by atoms with Crippen LogP contribution in [0.3, 0.4) is 0 Å². The fraction of sp³-hybridized carbons (Fsp3) is 0.167. The third-order valence-corrected chi connectivity index (χ3v) is 4.09. The van der Waals surface area contributed by atoms with Gasteiger partial charge in [0.1, 0.15) is 12.0 Å². The number of nitrogens with zero attached hydrogens (tertiary/aromatic N) is 5. The fourth-order valence-corrected chi connectivity index (χ4v) is 2.95. The van der Waals surface area contributed by atoms with E-state index in [0.29, 0.717) is 0 Å². The third kappa shape index (κ3) is 2.21. The average Bonchev–Trinajstić information content (AvgIpc) is 3.19. The summed E-state index contributed by atoms with van der Waals surface area (Å²) in [7, 11) is 1.90. The molecule has 0 aliphatic rings. The molecule has 0 atom stereocenters. The summed E-state index contributed by atoms with van der Waals surface area (Å²) in [6.07, 6.45) is 1.57. The molecule has 0 bridgehead atoms. The Kier molecular flexibility index (Phi) is 3.19. The van der Waals surface area contributed by atoms with Gasteiger partial charge in [-0.1, -0.05) is 42.5 Å². The Bertz CT molecular complexity index is 975. The second-order valence-electron chi connectivity index (χ2n) is 5.46. The number of hydrogen-bond acceptors (Lipinski definition) is 3. The lowest BCUT2D eigenvalue weighted by atomic mass is 10.0. The molecule has 0 unspecified atom stereocenters. The lowest BCUT2D eigenvalue weighted by Crippen LogP contribution is -2.03. The molecule has 5 heteroatoms. The van der Waals surface area contributed by atoms with Crippen LogP contribution >= 0.6 is 0 Å². The van der Waals surface area contributed by atoms with Crippen molar-refractivity contribution in [2.45, 2.75) is 13.5 Å². The van der Waals surface area contributed by atoms with Gasteiger partial charge in [0.15, 0.2) is 5.82 Å². The number of aryl methyl sites for hydroxylation is 2. The van der Waals surface area contributed by atoms with E-state index >= 15 is 0 Å². The zero-order valence-electron chi connectivity index (χ0n) is 13.1. The number of fused-ring (bicyclic) bond motifs is 1. The Labute approximate surface area is 134 Å². The van der Waals surface area contributed by atoms with Crippen LogP contribution in [-0.4, -0.2) is 24.5 Å². The lowest BCUT2D eigenvalue weighted by molar-refractivity contribution is 0.658. The van der Waals surface area contributed by atoms with Crippen LogP contribution in [0.1, 0.15) is 6.92 Å². The van der Waals surface area contributed by atoms with E-state index in [4.69, 9.17) is 5.10 Å². The van der Waals surface area contributed by atoms with Gasteiger partial charge in [-0.25, -0.2) is 9.67 Å². The summed E-state index contributed by atoms with van der Waals surface area (Å²) in [4.78, 5) is 4.35. The van der Waals surface area contributed by atoms with Crippen molar-refractivity contribution >= 4 is 10.8 Å². The van der Waals surface area contributed by atoms with Gasteiger partial charge < -0.3 is 0 Å². The van der Waals surface area contributed by atoms with Crippen molar-refractivity contribution < 1.29 is 0 Å². The van der Waals surface area contributed by atoms with Crippen LogP contribution in [0.4, 0.5) is 0 Å². The highest BCUT2D eigenvalue weighted by Gasteiger charge is 2.15. The van der Waals surface area contributed by atoms with E-state index in [9.17, 15) is 0 Å². The molecule has 2 aromatic carbocycles. The van der Waals surface area contributed by atoms with Crippen molar-refractivity contribution in [3.8, 4) is 22.8 Å². The molecule has 0 fully saturated rings. The fourth-order valence-electron chi connectivity index (χ4n) is 2.95. The maximum atomic E-state index is 4.78. The predicted molar refractivity (Wildman–Crippen MR) is 90.8 cm³/mol. The Balaban J connectivity index is 1.93. The number of benzene rings is 2. The van der Waals surface area contributed by atoms with Crippen LogP contribution in [0.2, 0.25) is 0 Å². The molecule has 0 aliphatic heterocycles. The molecule has 0 spiro atoms. The van der Waals surface area contributed by atoms with Gasteiger partial charge in [0.05, 0.1) is 5.69 Å². The molecule has 2 heterocycles. The molecular formula is C18H17N5. The maximum absolute atomic E-state index is 4.78. The summed E-state index contributed by atoms with van der Waals surface area (Å²) in [5.74, 6) is 0.825. The van der Waals surface area contributed by atoms with Crippen LogP contribution in [0.25, 0.3) is 33.5 Å². The molecule has 0 amide bonds. The lowest BCUT2D eigenvalue weighted by Gasteiger charge is -2.03. The van der Waals surface area contributed by atoms with Crippen molar-refractivity contribution in [2.24, 2.45) is 7.05 Å². The highest BCUT2D eigenvalue weighted by Crippen LogP contribution is 2.30. The van der Waals surface area contributed by atoms with Gasteiger partial charge in [0, 0.05) is 19.2 Å². The number of hydrogen-bond donors (Lipinski definition) is 0. The minimum atomic E-state index is 0.785. The Morgan fingerprint density at radius 2 is 1.87 bits per heavy atom. The summed E-state index contributed by atoms with van der Waals surface area (Å²) < 4.78 is 3.75. The molecule has 0 saturated carbocycles. The van der Waals surface area contributed by atoms with E-state index in [1.54, 1.807) is 11.0 Å². The van der Waals surface area contributed by atoms with Crippen molar-refractivity contribution in [3.63, 3.8) is 0 Å². The smallest absolute Gasteiger partial charge is 0.176 e. The van der Waals surface area contributed by atoms with Gasteiger partial charge in [0.2, 0.25) is 0 Å². The first-order valence-electron chi connectivity index (χ1n) is 7.68.